The second-order valence-electron chi connectivity index (χ2n) is 6.81. The second-order valence-corrected chi connectivity index (χ2v) is 7.76. The molecule has 1 heterocycles. The molecule has 2 fully saturated rings. The van der Waals surface area contributed by atoms with Gasteiger partial charge in [-0.1, -0.05) is 31.0 Å². The Morgan fingerprint density at radius 2 is 2.04 bits per heavy atom. The van der Waals surface area contributed by atoms with Crippen molar-refractivity contribution in [3.05, 3.63) is 33.9 Å². The van der Waals surface area contributed by atoms with Gasteiger partial charge in [-0.3, -0.25) is 19.8 Å². The third-order valence-corrected chi connectivity index (χ3v) is 6.08. The van der Waals surface area contributed by atoms with Crippen molar-refractivity contribution in [2.24, 2.45) is 10.9 Å². The highest BCUT2D eigenvalue weighted by atomic mass is 32.2. The number of carbonyl (C=O) groups excluding carboxylic acids is 1. The largest absolute Gasteiger partial charge is 0.287 e. The van der Waals surface area contributed by atoms with E-state index in [9.17, 15) is 14.9 Å². The molecule has 1 saturated heterocycles. The van der Waals surface area contributed by atoms with Crippen LogP contribution in [0.4, 0.5) is 11.4 Å². The molecule has 3 rings (SSSR count). The van der Waals surface area contributed by atoms with Crippen LogP contribution in [0.3, 0.4) is 0 Å². The highest BCUT2D eigenvalue weighted by molar-refractivity contribution is 8.15. The van der Waals surface area contributed by atoms with Crippen LogP contribution >= 0.6 is 11.8 Å². The minimum atomic E-state index is -0.391. The van der Waals surface area contributed by atoms with Crippen LogP contribution in [0.15, 0.2) is 23.2 Å². The summed E-state index contributed by atoms with van der Waals surface area (Å²) in [5.41, 5.74) is 1.32. The lowest BCUT2D eigenvalue weighted by molar-refractivity contribution is -0.385. The maximum atomic E-state index is 12.4. The number of carbonyl (C=O) groups is 1. The summed E-state index contributed by atoms with van der Waals surface area (Å²) in [6, 6.07) is 4.98. The van der Waals surface area contributed by atoms with Gasteiger partial charge in [0.15, 0.2) is 5.17 Å². The Morgan fingerprint density at radius 3 is 2.68 bits per heavy atom. The predicted octanol–water partition coefficient (Wildman–Crippen LogP) is 4.43. The first-order valence-electron chi connectivity index (χ1n) is 8.76. The second kappa shape index (κ2) is 7.56. The van der Waals surface area contributed by atoms with Gasteiger partial charge in [0.05, 0.1) is 16.4 Å². The van der Waals surface area contributed by atoms with Gasteiger partial charge >= 0.3 is 0 Å². The molecule has 1 atom stereocenters. The lowest BCUT2D eigenvalue weighted by atomic mass is 9.84. The number of amidine groups is 1. The van der Waals surface area contributed by atoms with Gasteiger partial charge in [-0.05, 0) is 44.7 Å². The van der Waals surface area contributed by atoms with Crippen molar-refractivity contribution < 1.29 is 9.72 Å². The average molecular weight is 361 g/mol. The normalized spacial score (nSPS) is 21.8. The zero-order valence-corrected chi connectivity index (χ0v) is 15.4. The molecule has 0 aromatic heterocycles. The molecule has 134 valence electrons. The monoisotopic (exact) mass is 361 g/mol. The van der Waals surface area contributed by atoms with Crippen molar-refractivity contribution in [1.82, 2.24) is 4.90 Å². The minimum absolute atomic E-state index is 0.0894. The fourth-order valence-electron chi connectivity index (χ4n) is 3.71. The van der Waals surface area contributed by atoms with Crippen LogP contribution in [-0.2, 0) is 4.79 Å². The number of hydrogen-bond donors (Lipinski definition) is 0. The number of rotatable bonds is 4. The van der Waals surface area contributed by atoms with Crippen LogP contribution in [0.25, 0.3) is 0 Å². The van der Waals surface area contributed by atoms with E-state index in [-0.39, 0.29) is 17.6 Å². The fourth-order valence-corrected chi connectivity index (χ4v) is 4.68. The third-order valence-electron chi connectivity index (χ3n) is 5.14. The quantitative estimate of drug-likeness (QED) is 0.587. The Hall–Kier alpha value is -1.89. The zero-order chi connectivity index (χ0) is 18.0. The molecule has 1 aliphatic heterocycles. The van der Waals surface area contributed by atoms with Gasteiger partial charge in [0.25, 0.3) is 5.69 Å². The molecular weight excluding hydrogens is 338 g/mol. The molecule has 2 aliphatic rings. The number of nitro groups is 1. The number of nitro benzene ring substituents is 1. The van der Waals surface area contributed by atoms with Gasteiger partial charge in [-0.2, -0.15) is 0 Å². The number of nitrogens with zero attached hydrogens (tertiary/aromatic N) is 3. The lowest BCUT2D eigenvalue weighted by Gasteiger charge is -2.33. The SMILES string of the molecule is Cc1cc(N=C2SCC(=O)N2C(C)C2CCCCC2)ccc1[N+](=O)[O-]. The first kappa shape index (κ1) is 17.9. The molecule has 0 spiro atoms. The van der Waals surface area contributed by atoms with Gasteiger partial charge in [-0.25, -0.2) is 4.99 Å². The fraction of sp³-hybridized carbons (Fsp3) is 0.556. The first-order valence-corrected chi connectivity index (χ1v) is 9.74. The van der Waals surface area contributed by atoms with Crippen LogP contribution in [0, 0.1) is 23.0 Å². The summed E-state index contributed by atoms with van der Waals surface area (Å²) >= 11 is 1.45. The van der Waals surface area contributed by atoms with E-state index in [1.165, 1.54) is 49.9 Å². The van der Waals surface area contributed by atoms with Crippen LogP contribution in [0.1, 0.15) is 44.6 Å². The summed E-state index contributed by atoms with van der Waals surface area (Å²) in [5.74, 6) is 1.06. The van der Waals surface area contributed by atoms with Crippen molar-refractivity contribution in [2.45, 2.75) is 52.0 Å². The predicted molar refractivity (Wildman–Crippen MR) is 100 cm³/mol. The Kier molecular flexibility index (Phi) is 5.42. The average Bonchev–Trinajstić information content (AvgIpc) is 2.95. The summed E-state index contributed by atoms with van der Waals surface area (Å²) in [5, 5.41) is 11.7. The molecule has 0 radical (unpaired) electrons. The molecule has 0 bridgehead atoms. The highest BCUT2D eigenvalue weighted by Gasteiger charge is 2.36. The zero-order valence-electron chi connectivity index (χ0n) is 14.6. The van der Waals surface area contributed by atoms with Crippen LogP contribution in [-0.4, -0.2) is 32.7 Å². The Morgan fingerprint density at radius 1 is 1.32 bits per heavy atom. The first-order chi connectivity index (χ1) is 12.0. The summed E-state index contributed by atoms with van der Waals surface area (Å²) in [6.45, 7) is 3.83. The van der Waals surface area contributed by atoms with E-state index in [0.29, 0.717) is 22.9 Å². The van der Waals surface area contributed by atoms with Crippen LogP contribution in [0.5, 0.6) is 0 Å². The number of aryl methyl sites for hydroxylation is 1. The summed E-state index contributed by atoms with van der Waals surface area (Å²) < 4.78 is 0. The Bertz CT molecular complexity index is 714. The molecule has 1 saturated carbocycles. The Balaban J connectivity index is 1.84. The van der Waals surface area contributed by atoms with E-state index in [1.807, 2.05) is 4.90 Å². The topological polar surface area (TPSA) is 75.8 Å². The van der Waals surface area contributed by atoms with Crippen LogP contribution in [0.2, 0.25) is 0 Å². The highest BCUT2D eigenvalue weighted by Crippen LogP contribution is 2.34. The van der Waals surface area contributed by atoms with E-state index in [2.05, 4.69) is 11.9 Å². The third kappa shape index (κ3) is 3.86. The molecule has 7 heteroatoms. The number of aliphatic imine (C=N–C) groups is 1. The molecule has 1 aromatic carbocycles. The molecule has 25 heavy (non-hydrogen) atoms. The van der Waals surface area contributed by atoms with Gasteiger partial charge in [0.1, 0.15) is 0 Å². The van der Waals surface area contributed by atoms with Crippen molar-refractivity contribution in [3.8, 4) is 0 Å². The van der Waals surface area contributed by atoms with Crippen molar-refractivity contribution >= 4 is 34.2 Å². The standard InChI is InChI=1S/C18H23N3O3S/c1-12-10-15(8-9-16(12)21(23)24)19-18-20(17(22)11-25-18)13(2)14-6-4-3-5-7-14/h8-10,13-14H,3-7,11H2,1-2H3. The number of amides is 1. The van der Waals surface area contributed by atoms with Gasteiger partial charge in [0, 0.05) is 17.7 Å². The summed E-state index contributed by atoms with van der Waals surface area (Å²) in [4.78, 5) is 29.4. The van der Waals surface area contributed by atoms with E-state index in [4.69, 9.17) is 0 Å². The maximum Gasteiger partial charge on any atom is 0.272 e. The van der Waals surface area contributed by atoms with Gasteiger partial charge in [-0.15, -0.1) is 0 Å². The van der Waals surface area contributed by atoms with Crippen molar-refractivity contribution in [1.29, 1.82) is 0 Å². The van der Waals surface area contributed by atoms with Crippen molar-refractivity contribution in [2.75, 3.05) is 5.75 Å². The van der Waals surface area contributed by atoms with E-state index < -0.39 is 4.92 Å². The van der Waals surface area contributed by atoms with Gasteiger partial charge in [0.2, 0.25) is 5.91 Å². The molecule has 1 amide bonds. The van der Waals surface area contributed by atoms with E-state index in [0.717, 1.165) is 5.17 Å². The molecule has 6 nitrogen and oxygen atoms in total. The lowest BCUT2D eigenvalue weighted by Crippen LogP contribution is -2.42. The van der Waals surface area contributed by atoms with Crippen LogP contribution < -0.4 is 0 Å². The number of hydrogen-bond acceptors (Lipinski definition) is 5. The van der Waals surface area contributed by atoms with E-state index in [1.54, 1.807) is 19.1 Å². The number of thioether (sulfide) groups is 1. The number of benzene rings is 1. The molecule has 1 aromatic rings. The molecule has 1 aliphatic carbocycles. The smallest absolute Gasteiger partial charge is 0.272 e. The summed E-state index contributed by atoms with van der Waals surface area (Å²) in [7, 11) is 0. The van der Waals surface area contributed by atoms with E-state index >= 15 is 0 Å². The summed E-state index contributed by atoms with van der Waals surface area (Å²) in [6.07, 6.45) is 6.09. The maximum absolute atomic E-state index is 12.4. The Labute approximate surface area is 151 Å². The molecule has 1 unspecified atom stereocenters. The van der Waals surface area contributed by atoms with Gasteiger partial charge < -0.3 is 0 Å². The molecular formula is C18H23N3O3S. The molecule has 0 N–H and O–H groups in total. The minimum Gasteiger partial charge on any atom is -0.287 e. The van der Waals surface area contributed by atoms with Crippen molar-refractivity contribution in [3.63, 3.8) is 0 Å².